The Balaban J connectivity index is 3.17. The standard InChI is InChI=1S/C14H21NO2/c1-9-6-10(2)12(11(7-9)8-16)13(17)15-14(3,4)5/h6-7,16H,8H2,1-5H3,(H,15,17). The van der Waals surface area contributed by atoms with Crippen LogP contribution in [0.3, 0.4) is 0 Å². The molecule has 1 amide bonds. The van der Waals surface area contributed by atoms with E-state index in [0.717, 1.165) is 11.1 Å². The normalized spacial score (nSPS) is 11.4. The molecule has 0 heterocycles. The number of aryl methyl sites for hydroxylation is 2. The molecule has 0 bridgehead atoms. The van der Waals surface area contributed by atoms with E-state index in [4.69, 9.17) is 0 Å². The van der Waals surface area contributed by atoms with Gasteiger partial charge >= 0.3 is 0 Å². The first-order chi connectivity index (χ1) is 7.74. The van der Waals surface area contributed by atoms with E-state index in [9.17, 15) is 9.90 Å². The van der Waals surface area contributed by atoms with Crippen LogP contribution in [0.5, 0.6) is 0 Å². The van der Waals surface area contributed by atoms with Crippen LogP contribution in [0.2, 0.25) is 0 Å². The fourth-order valence-corrected chi connectivity index (χ4v) is 1.91. The van der Waals surface area contributed by atoms with Gasteiger partial charge in [0, 0.05) is 11.1 Å². The number of nitrogens with one attached hydrogen (secondary N) is 1. The maximum Gasteiger partial charge on any atom is 0.252 e. The molecule has 2 N–H and O–H groups in total. The van der Waals surface area contributed by atoms with Gasteiger partial charge in [0.1, 0.15) is 0 Å². The minimum Gasteiger partial charge on any atom is -0.392 e. The SMILES string of the molecule is Cc1cc(C)c(C(=O)NC(C)(C)C)c(CO)c1. The van der Waals surface area contributed by atoms with E-state index < -0.39 is 0 Å². The zero-order valence-electron chi connectivity index (χ0n) is 11.2. The lowest BCUT2D eigenvalue weighted by molar-refractivity contribution is 0.0915. The highest BCUT2D eigenvalue weighted by Crippen LogP contribution is 2.18. The van der Waals surface area contributed by atoms with Gasteiger partial charge in [-0.2, -0.15) is 0 Å². The van der Waals surface area contributed by atoms with Gasteiger partial charge in [0.25, 0.3) is 5.91 Å². The van der Waals surface area contributed by atoms with Crippen LogP contribution in [-0.4, -0.2) is 16.6 Å². The number of aliphatic hydroxyl groups excluding tert-OH is 1. The Morgan fingerprint density at radius 3 is 2.35 bits per heavy atom. The van der Waals surface area contributed by atoms with Gasteiger partial charge in [-0.1, -0.05) is 17.7 Å². The molecule has 17 heavy (non-hydrogen) atoms. The largest absolute Gasteiger partial charge is 0.392 e. The van der Waals surface area contributed by atoms with Crippen molar-refractivity contribution in [1.82, 2.24) is 5.32 Å². The molecule has 3 heteroatoms. The van der Waals surface area contributed by atoms with E-state index in [1.807, 2.05) is 46.8 Å². The Morgan fingerprint density at radius 1 is 1.29 bits per heavy atom. The average molecular weight is 235 g/mol. The summed E-state index contributed by atoms with van der Waals surface area (Å²) in [7, 11) is 0. The molecule has 0 saturated heterocycles. The van der Waals surface area contributed by atoms with Crippen LogP contribution in [-0.2, 0) is 6.61 Å². The van der Waals surface area contributed by atoms with Crippen LogP contribution >= 0.6 is 0 Å². The van der Waals surface area contributed by atoms with Gasteiger partial charge < -0.3 is 10.4 Å². The summed E-state index contributed by atoms with van der Waals surface area (Å²) in [5.41, 5.74) is 2.95. The van der Waals surface area contributed by atoms with Gasteiger partial charge in [0.15, 0.2) is 0 Å². The number of amides is 1. The number of benzene rings is 1. The van der Waals surface area contributed by atoms with Gasteiger partial charge in [0.05, 0.1) is 6.61 Å². The molecular weight excluding hydrogens is 214 g/mol. The predicted octanol–water partition coefficient (Wildman–Crippen LogP) is 2.32. The van der Waals surface area contributed by atoms with Crippen molar-refractivity contribution in [2.45, 2.75) is 46.8 Å². The molecule has 1 rings (SSSR count). The van der Waals surface area contributed by atoms with Crippen molar-refractivity contribution < 1.29 is 9.90 Å². The van der Waals surface area contributed by atoms with Crippen LogP contribution in [0, 0.1) is 13.8 Å². The molecule has 0 aliphatic heterocycles. The van der Waals surface area contributed by atoms with Crippen molar-refractivity contribution in [2.24, 2.45) is 0 Å². The molecule has 0 spiro atoms. The summed E-state index contributed by atoms with van der Waals surface area (Å²) in [5.74, 6) is -0.126. The average Bonchev–Trinajstić information content (AvgIpc) is 2.12. The number of hydrogen-bond acceptors (Lipinski definition) is 2. The Bertz CT molecular complexity index is 431. The summed E-state index contributed by atoms with van der Waals surface area (Å²) < 4.78 is 0. The molecule has 1 aromatic rings. The summed E-state index contributed by atoms with van der Waals surface area (Å²) in [6.45, 7) is 9.55. The molecule has 1 aromatic carbocycles. The van der Waals surface area contributed by atoms with Crippen molar-refractivity contribution >= 4 is 5.91 Å². The lowest BCUT2D eigenvalue weighted by atomic mass is 9.97. The highest BCUT2D eigenvalue weighted by molar-refractivity contribution is 5.97. The summed E-state index contributed by atoms with van der Waals surface area (Å²) in [4.78, 5) is 12.1. The molecule has 0 aliphatic carbocycles. The quantitative estimate of drug-likeness (QED) is 0.826. The molecule has 3 nitrogen and oxygen atoms in total. The first-order valence-electron chi connectivity index (χ1n) is 5.78. The third-order valence-corrected chi connectivity index (χ3v) is 2.45. The molecule has 0 aromatic heterocycles. The van der Waals surface area contributed by atoms with Crippen LogP contribution in [0.4, 0.5) is 0 Å². The molecule has 0 atom stereocenters. The van der Waals surface area contributed by atoms with Crippen molar-refractivity contribution in [3.05, 3.63) is 34.4 Å². The highest BCUT2D eigenvalue weighted by atomic mass is 16.3. The number of aliphatic hydroxyl groups is 1. The Kier molecular flexibility index (Phi) is 3.94. The van der Waals surface area contributed by atoms with E-state index >= 15 is 0 Å². The maximum atomic E-state index is 12.1. The third kappa shape index (κ3) is 3.56. The Labute approximate surface area is 103 Å². The molecule has 94 valence electrons. The van der Waals surface area contributed by atoms with Gasteiger partial charge in [-0.05, 0) is 45.7 Å². The zero-order chi connectivity index (χ0) is 13.2. The lowest BCUT2D eigenvalue weighted by Crippen LogP contribution is -2.41. The van der Waals surface area contributed by atoms with Crippen molar-refractivity contribution in [1.29, 1.82) is 0 Å². The van der Waals surface area contributed by atoms with E-state index in [-0.39, 0.29) is 18.1 Å². The molecule has 0 fully saturated rings. The summed E-state index contributed by atoms with van der Waals surface area (Å²) >= 11 is 0. The maximum absolute atomic E-state index is 12.1. The summed E-state index contributed by atoms with van der Waals surface area (Å²) in [6, 6.07) is 3.81. The van der Waals surface area contributed by atoms with E-state index in [0.29, 0.717) is 11.1 Å². The molecule has 0 unspecified atom stereocenters. The lowest BCUT2D eigenvalue weighted by Gasteiger charge is -2.22. The number of rotatable bonds is 2. The third-order valence-electron chi connectivity index (χ3n) is 2.45. The number of hydrogen-bond donors (Lipinski definition) is 2. The van der Waals surface area contributed by atoms with Crippen LogP contribution in [0.15, 0.2) is 12.1 Å². The smallest absolute Gasteiger partial charge is 0.252 e. The first kappa shape index (κ1) is 13.7. The van der Waals surface area contributed by atoms with Crippen LogP contribution < -0.4 is 5.32 Å². The van der Waals surface area contributed by atoms with Gasteiger partial charge in [0.2, 0.25) is 0 Å². The van der Waals surface area contributed by atoms with Crippen molar-refractivity contribution in [3.8, 4) is 0 Å². The van der Waals surface area contributed by atoms with Crippen molar-refractivity contribution in [2.75, 3.05) is 0 Å². The number of carbonyl (C=O) groups is 1. The molecule has 0 radical (unpaired) electrons. The highest BCUT2D eigenvalue weighted by Gasteiger charge is 2.19. The fourth-order valence-electron chi connectivity index (χ4n) is 1.91. The van der Waals surface area contributed by atoms with E-state index in [1.54, 1.807) is 0 Å². The minimum absolute atomic E-state index is 0.116. The number of carbonyl (C=O) groups excluding carboxylic acids is 1. The Morgan fingerprint density at radius 2 is 1.88 bits per heavy atom. The zero-order valence-corrected chi connectivity index (χ0v) is 11.2. The van der Waals surface area contributed by atoms with Crippen molar-refractivity contribution in [3.63, 3.8) is 0 Å². The summed E-state index contributed by atoms with van der Waals surface area (Å²) in [5, 5.41) is 12.3. The van der Waals surface area contributed by atoms with E-state index in [1.165, 1.54) is 0 Å². The van der Waals surface area contributed by atoms with Crippen LogP contribution in [0.25, 0.3) is 0 Å². The second-order valence-electron chi connectivity index (χ2n) is 5.48. The van der Waals surface area contributed by atoms with Gasteiger partial charge in [-0.15, -0.1) is 0 Å². The second kappa shape index (κ2) is 4.88. The molecule has 0 aliphatic rings. The first-order valence-corrected chi connectivity index (χ1v) is 5.78. The monoisotopic (exact) mass is 235 g/mol. The van der Waals surface area contributed by atoms with E-state index in [2.05, 4.69) is 5.32 Å². The predicted molar refractivity (Wildman–Crippen MR) is 69.1 cm³/mol. The Hall–Kier alpha value is -1.35. The fraction of sp³-hybridized carbons (Fsp3) is 0.500. The second-order valence-corrected chi connectivity index (χ2v) is 5.48. The molecule has 0 saturated carbocycles. The van der Waals surface area contributed by atoms with Gasteiger partial charge in [-0.3, -0.25) is 4.79 Å². The molecular formula is C14H21NO2. The van der Waals surface area contributed by atoms with Gasteiger partial charge in [-0.25, -0.2) is 0 Å². The summed E-state index contributed by atoms with van der Waals surface area (Å²) in [6.07, 6.45) is 0. The minimum atomic E-state index is -0.277. The van der Waals surface area contributed by atoms with Crippen LogP contribution in [0.1, 0.15) is 47.8 Å². The topological polar surface area (TPSA) is 49.3 Å².